The molecule has 2 atom stereocenters. The molecule has 5 heteroatoms. The molecule has 2 heterocycles. The maximum absolute atomic E-state index is 13.2. The highest BCUT2D eigenvalue weighted by Gasteiger charge is 2.38. The minimum atomic E-state index is -0.363. The summed E-state index contributed by atoms with van der Waals surface area (Å²) in [5.74, 6) is 0.682. The van der Waals surface area contributed by atoms with Crippen LogP contribution < -0.4 is 10.6 Å². The fourth-order valence-corrected chi connectivity index (χ4v) is 4.85. The third-order valence-corrected chi connectivity index (χ3v) is 6.80. The molecule has 25 heavy (non-hydrogen) atoms. The molecular formula is C20H29N3OS. The van der Waals surface area contributed by atoms with Crippen LogP contribution in [0.15, 0.2) is 24.3 Å². The Hall–Kier alpha value is -1.46. The first-order valence-electron chi connectivity index (χ1n) is 9.44. The van der Waals surface area contributed by atoms with Gasteiger partial charge >= 0.3 is 0 Å². The summed E-state index contributed by atoms with van der Waals surface area (Å²) in [4.78, 5) is 18.0. The van der Waals surface area contributed by atoms with E-state index in [1.807, 2.05) is 18.2 Å². The van der Waals surface area contributed by atoms with Crippen LogP contribution in [0.25, 0.3) is 10.2 Å². The second kappa shape index (κ2) is 7.83. The molecule has 4 nitrogen and oxygen atoms in total. The Kier molecular flexibility index (Phi) is 5.74. The van der Waals surface area contributed by atoms with Gasteiger partial charge in [-0.3, -0.25) is 4.79 Å². The van der Waals surface area contributed by atoms with Crippen molar-refractivity contribution in [2.24, 2.45) is 11.3 Å². The number of piperidine rings is 1. The summed E-state index contributed by atoms with van der Waals surface area (Å²) in [7, 11) is 0. The molecule has 2 N–H and O–H groups in total. The highest BCUT2D eigenvalue weighted by molar-refractivity contribution is 7.18. The van der Waals surface area contributed by atoms with Crippen LogP contribution in [0.5, 0.6) is 0 Å². The van der Waals surface area contributed by atoms with Crippen molar-refractivity contribution in [2.75, 3.05) is 13.1 Å². The molecule has 2 aromatic rings. The fraction of sp³-hybridized carbons (Fsp3) is 0.600. The molecule has 0 aliphatic carbocycles. The van der Waals surface area contributed by atoms with Gasteiger partial charge in [-0.25, -0.2) is 4.98 Å². The number of benzene rings is 1. The van der Waals surface area contributed by atoms with Crippen molar-refractivity contribution in [1.29, 1.82) is 0 Å². The van der Waals surface area contributed by atoms with Crippen molar-refractivity contribution in [3.63, 3.8) is 0 Å². The quantitative estimate of drug-likeness (QED) is 0.826. The Morgan fingerprint density at radius 1 is 1.36 bits per heavy atom. The number of aromatic nitrogens is 1. The van der Waals surface area contributed by atoms with E-state index in [-0.39, 0.29) is 17.4 Å². The van der Waals surface area contributed by atoms with E-state index in [0.717, 1.165) is 49.3 Å². The van der Waals surface area contributed by atoms with E-state index in [1.54, 1.807) is 11.3 Å². The van der Waals surface area contributed by atoms with Crippen molar-refractivity contribution >= 4 is 27.5 Å². The summed E-state index contributed by atoms with van der Waals surface area (Å²) in [5.41, 5.74) is 0.675. The van der Waals surface area contributed by atoms with E-state index >= 15 is 0 Å². The first-order valence-corrected chi connectivity index (χ1v) is 10.3. The van der Waals surface area contributed by atoms with Gasteiger partial charge in [0.15, 0.2) is 0 Å². The molecule has 1 aromatic heterocycles. The number of rotatable bonds is 6. The van der Waals surface area contributed by atoms with Crippen LogP contribution in [0.3, 0.4) is 0 Å². The minimum absolute atomic E-state index is 0.204. The molecule has 136 valence electrons. The zero-order valence-corrected chi connectivity index (χ0v) is 16.3. The topological polar surface area (TPSA) is 54.0 Å². The normalized spacial score (nSPS) is 21.4. The third-order valence-electron chi connectivity index (χ3n) is 5.76. The van der Waals surface area contributed by atoms with Crippen LogP contribution in [0.1, 0.15) is 45.0 Å². The molecule has 3 rings (SSSR count). The Bertz CT molecular complexity index is 690. The fourth-order valence-electron chi connectivity index (χ4n) is 3.74. The molecule has 1 aliphatic heterocycles. The summed E-state index contributed by atoms with van der Waals surface area (Å²) < 4.78 is 1.20. The van der Waals surface area contributed by atoms with Crippen molar-refractivity contribution in [3.05, 3.63) is 29.3 Å². The third kappa shape index (κ3) is 3.87. The van der Waals surface area contributed by atoms with Crippen LogP contribution in [0.2, 0.25) is 0 Å². The first kappa shape index (κ1) is 18.3. The van der Waals surface area contributed by atoms with Crippen LogP contribution in [0, 0.1) is 11.3 Å². The maximum atomic E-state index is 13.2. The van der Waals surface area contributed by atoms with Gasteiger partial charge in [0.25, 0.3) is 0 Å². The van der Waals surface area contributed by atoms with Crippen LogP contribution >= 0.6 is 11.3 Å². The van der Waals surface area contributed by atoms with Gasteiger partial charge in [-0.1, -0.05) is 32.9 Å². The summed E-state index contributed by atoms with van der Waals surface area (Å²) in [6, 6.07) is 8.49. The van der Waals surface area contributed by atoms with Gasteiger partial charge in [0.1, 0.15) is 0 Å². The van der Waals surface area contributed by atoms with Gasteiger partial charge in [0, 0.05) is 12.5 Å². The van der Waals surface area contributed by atoms with Crippen molar-refractivity contribution in [3.8, 4) is 0 Å². The van der Waals surface area contributed by atoms with E-state index in [2.05, 4.69) is 37.5 Å². The van der Waals surface area contributed by atoms with E-state index in [4.69, 9.17) is 4.98 Å². The number of carbonyl (C=O) groups is 1. The number of fused-ring (bicyclic) bond motifs is 1. The van der Waals surface area contributed by atoms with E-state index in [0.29, 0.717) is 5.92 Å². The number of hydrogen-bond donors (Lipinski definition) is 2. The SMILES string of the molecule is CCC(CC)(Cc1nc2ccccc2s1)C(=O)NC1CCNCC1C. The highest BCUT2D eigenvalue weighted by Crippen LogP contribution is 2.34. The lowest BCUT2D eigenvalue weighted by Crippen LogP contribution is -2.53. The van der Waals surface area contributed by atoms with Gasteiger partial charge < -0.3 is 10.6 Å². The summed E-state index contributed by atoms with van der Waals surface area (Å²) in [6.07, 6.45) is 3.41. The highest BCUT2D eigenvalue weighted by atomic mass is 32.1. The second-order valence-electron chi connectivity index (χ2n) is 7.29. The van der Waals surface area contributed by atoms with Crippen LogP contribution in [-0.2, 0) is 11.2 Å². The van der Waals surface area contributed by atoms with Gasteiger partial charge in [-0.05, 0) is 50.4 Å². The molecule has 0 bridgehead atoms. The molecule has 1 aromatic carbocycles. The van der Waals surface area contributed by atoms with Crippen molar-refractivity contribution < 1.29 is 4.79 Å². The Balaban J connectivity index is 1.78. The van der Waals surface area contributed by atoms with Crippen molar-refractivity contribution in [1.82, 2.24) is 15.6 Å². The molecule has 1 amide bonds. The number of nitrogens with zero attached hydrogens (tertiary/aromatic N) is 1. The molecule has 1 aliphatic rings. The zero-order chi connectivity index (χ0) is 17.9. The average Bonchev–Trinajstić information content (AvgIpc) is 3.04. The van der Waals surface area contributed by atoms with Gasteiger partial charge in [0.2, 0.25) is 5.91 Å². The number of thiazole rings is 1. The standard InChI is InChI=1S/C20H29N3OS/c1-4-20(5-2,19(24)23-15-10-11-21-13-14(15)3)12-18-22-16-8-6-7-9-17(16)25-18/h6-9,14-15,21H,4-5,10-13H2,1-3H3,(H,23,24). The lowest BCUT2D eigenvalue weighted by atomic mass is 9.77. The van der Waals surface area contributed by atoms with Crippen molar-refractivity contribution in [2.45, 2.75) is 52.5 Å². The number of amides is 1. The summed E-state index contributed by atoms with van der Waals surface area (Å²) in [5, 5.41) is 7.83. The average molecular weight is 360 g/mol. The molecule has 2 unspecified atom stereocenters. The van der Waals surface area contributed by atoms with Crippen LogP contribution in [0.4, 0.5) is 0 Å². The molecule has 1 saturated heterocycles. The predicted octanol–water partition coefficient (Wildman–Crippen LogP) is 3.76. The van der Waals surface area contributed by atoms with Gasteiger partial charge in [-0.2, -0.15) is 0 Å². The smallest absolute Gasteiger partial charge is 0.226 e. The number of carbonyl (C=O) groups excluding carboxylic acids is 1. The van der Waals surface area contributed by atoms with Gasteiger partial charge in [-0.15, -0.1) is 11.3 Å². The number of para-hydroxylation sites is 1. The molecule has 1 fully saturated rings. The maximum Gasteiger partial charge on any atom is 0.226 e. The number of hydrogen-bond acceptors (Lipinski definition) is 4. The number of nitrogens with one attached hydrogen (secondary N) is 2. The lowest BCUT2D eigenvalue weighted by molar-refractivity contribution is -0.132. The monoisotopic (exact) mass is 359 g/mol. The molecule has 0 spiro atoms. The molecular weight excluding hydrogens is 330 g/mol. The lowest BCUT2D eigenvalue weighted by Gasteiger charge is -2.35. The Morgan fingerprint density at radius 3 is 2.80 bits per heavy atom. The summed E-state index contributed by atoms with van der Waals surface area (Å²) in [6.45, 7) is 8.43. The van der Waals surface area contributed by atoms with Crippen LogP contribution in [-0.4, -0.2) is 30.0 Å². The summed E-state index contributed by atoms with van der Waals surface area (Å²) >= 11 is 1.72. The predicted molar refractivity (Wildman–Crippen MR) is 105 cm³/mol. The van der Waals surface area contributed by atoms with E-state index < -0.39 is 0 Å². The van der Waals surface area contributed by atoms with E-state index in [9.17, 15) is 4.79 Å². The largest absolute Gasteiger partial charge is 0.353 e. The minimum Gasteiger partial charge on any atom is -0.353 e. The Morgan fingerprint density at radius 2 is 2.12 bits per heavy atom. The Labute approximate surface area is 154 Å². The zero-order valence-electron chi connectivity index (χ0n) is 15.5. The van der Waals surface area contributed by atoms with Gasteiger partial charge in [0.05, 0.1) is 20.6 Å². The molecule has 0 saturated carbocycles. The van der Waals surface area contributed by atoms with E-state index in [1.165, 1.54) is 4.70 Å². The first-order chi connectivity index (χ1) is 12.1. The molecule has 0 radical (unpaired) electrons. The second-order valence-corrected chi connectivity index (χ2v) is 8.40.